The Balaban J connectivity index is 1.51. The summed E-state index contributed by atoms with van der Waals surface area (Å²) in [5.74, 6) is -0.880. The van der Waals surface area contributed by atoms with Crippen molar-refractivity contribution < 1.29 is 14.1 Å². The number of non-ortho nitro benzene ring substituents is 1. The fourth-order valence-electron chi connectivity index (χ4n) is 3.28. The number of anilines is 2. The molecule has 1 aromatic heterocycles. The number of nitrogens with one attached hydrogen (secondary N) is 2. The first-order valence-electron chi connectivity index (χ1n) is 9.42. The molecule has 2 N–H and O–H groups in total. The lowest BCUT2D eigenvalue weighted by molar-refractivity contribution is -0.383. The van der Waals surface area contributed by atoms with Gasteiger partial charge in [-0.3, -0.25) is 19.9 Å². The van der Waals surface area contributed by atoms with Gasteiger partial charge < -0.3 is 10.6 Å². The molecular weight excluding hydrogens is 399 g/mol. The number of hydrogen-bond donors (Lipinski definition) is 2. The van der Waals surface area contributed by atoms with Crippen LogP contribution in [0.25, 0.3) is 10.8 Å². The van der Waals surface area contributed by atoms with Gasteiger partial charge in [-0.2, -0.15) is 0 Å². The van der Waals surface area contributed by atoms with E-state index >= 15 is 0 Å². The summed E-state index contributed by atoms with van der Waals surface area (Å²) in [4.78, 5) is 27.1. The minimum Gasteiger partial charge on any atom is -0.380 e. The van der Waals surface area contributed by atoms with E-state index < -0.39 is 16.6 Å². The first kappa shape index (κ1) is 20.0. The SMILES string of the molecule is O=C(Nc1cccc(CNc2ccc([N+](=O)[O-])c3cnccc23)c1)c1cccc(F)c1. The second-order valence-electron chi connectivity index (χ2n) is 6.83. The van der Waals surface area contributed by atoms with Crippen molar-refractivity contribution in [2.24, 2.45) is 0 Å². The molecule has 0 fully saturated rings. The van der Waals surface area contributed by atoms with Crippen LogP contribution in [0, 0.1) is 15.9 Å². The summed E-state index contributed by atoms with van der Waals surface area (Å²) in [6.45, 7) is 0.429. The zero-order valence-corrected chi connectivity index (χ0v) is 16.2. The molecule has 0 saturated heterocycles. The van der Waals surface area contributed by atoms with Crippen molar-refractivity contribution in [2.45, 2.75) is 6.54 Å². The normalized spacial score (nSPS) is 10.6. The standard InChI is InChI=1S/C23H17FN4O3/c24-17-5-2-4-16(12-17)23(29)27-18-6-1-3-15(11-18)13-26-21-7-8-22(28(30)31)20-14-25-10-9-19(20)21/h1-12,14,26H,13H2,(H,27,29). The van der Waals surface area contributed by atoms with Crippen molar-refractivity contribution >= 4 is 33.7 Å². The Bertz CT molecular complexity index is 1290. The fourth-order valence-corrected chi connectivity index (χ4v) is 3.28. The van der Waals surface area contributed by atoms with Crippen LogP contribution in [0.1, 0.15) is 15.9 Å². The van der Waals surface area contributed by atoms with Crippen molar-refractivity contribution in [3.05, 3.63) is 106 Å². The second kappa shape index (κ2) is 8.58. The van der Waals surface area contributed by atoms with Gasteiger partial charge in [0.15, 0.2) is 0 Å². The van der Waals surface area contributed by atoms with Crippen LogP contribution in [-0.2, 0) is 6.54 Å². The van der Waals surface area contributed by atoms with Crippen molar-refractivity contribution in [1.29, 1.82) is 0 Å². The molecule has 0 saturated carbocycles. The van der Waals surface area contributed by atoms with E-state index in [1.807, 2.05) is 6.07 Å². The molecule has 0 aliphatic carbocycles. The lowest BCUT2D eigenvalue weighted by Crippen LogP contribution is -2.12. The lowest BCUT2D eigenvalue weighted by Gasteiger charge is -2.11. The van der Waals surface area contributed by atoms with Gasteiger partial charge in [-0.1, -0.05) is 18.2 Å². The number of carbonyl (C=O) groups excluding carboxylic acids is 1. The Morgan fingerprint density at radius 3 is 2.68 bits per heavy atom. The third kappa shape index (κ3) is 4.48. The zero-order chi connectivity index (χ0) is 21.8. The number of fused-ring (bicyclic) bond motifs is 1. The molecule has 7 nitrogen and oxygen atoms in total. The molecule has 3 aromatic carbocycles. The molecule has 0 radical (unpaired) electrons. The van der Waals surface area contributed by atoms with E-state index in [2.05, 4.69) is 15.6 Å². The largest absolute Gasteiger partial charge is 0.380 e. The van der Waals surface area contributed by atoms with Crippen LogP contribution < -0.4 is 10.6 Å². The van der Waals surface area contributed by atoms with Gasteiger partial charge in [0.1, 0.15) is 5.82 Å². The predicted molar refractivity (Wildman–Crippen MR) is 117 cm³/mol. The number of nitro groups is 1. The molecule has 1 amide bonds. The molecule has 0 spiro atoms. The van der Waals surface area contributed by atoms with Gasteiger partial charge in [0.25, 0.3) is 11.6 Å². The Hall–Kier alpha value is -4.33. The monoisotopic (exact) mass is 416 g/mol. The molecule has 4 aromatic rings. The van der Waals surface area contributed by atoms with Gasteiger partial charge in [-0.25, -0.2) is 4.39 Å². The molecule has 0 unspecified atom stereocenters. The van der Waals surface area contributed by atoms with E-state index in [0.29, 0.717) is 23.0 Å². The summed E-state index contributed by atoms with van der Waals surface area (Å²) in [6, 6.07) is 17.5. The molecule has 0 aliphatic heterocycles. The van der Waals surface area contributed by atoms with Crippen LogP contribution in [0.5, 0.6) is 0 Å². The summed E-state index contributed by atoms with van der Waals surface area (Å²) in [5.41, 5.74) is 2.42. The van der Waals surface area contributed by atoms with Gasteiger partial charge >= 0.3 is 0 Å². The molecule has 0 bridgehead atoms. The number of benzene rings is 3. The number of rotatable bonds is 6. The Morgan fingerprint density at radius 1 is 1.03 bits per heavy atom. The Labute approximate surface area is 176 Å². The quantitative estimate of drug-likeness (QED) is 0.335. The highest BCUT2D eigenvalue weighted by molar-refractivity contribution is 6.04. The number of nitro benzene ring substituents is 1. The average molecular weight is 416 g/mol. The number of amides is 1. The topological polar surface area (TPSA) is 97.2 Å². The number of halogens is 1. The maximum Gasteiger partial charge on any atom is 0.278 e. The van der Waals surface area contributed by atoms with Gasteiger partial charge in [0.05, 0.1) is 10.3 Å². The summed E-state index contributed by atoms with van der Waals surface area (Å²) in [5, 5.41) is 18.4. The van der Waals surface area contributed by atoms with Gasteiger partial charge in [-0.05, 0) is 48.0 Å². The third-order valence-electron chi connectivity index (χ3n) is 4.75. The Kier molecular flexibility index (Phi) is 5.53. The molecule has 4 rings (SSSR count). The summed E-state index contributed by atoms with van der Waals surface area (Å²) in [7, 11) is 0. The van der Waals surface area contributed by atoms with Gasteiger partial charge in [0, 0.05) is 47.3 Å². The predicted octanol–water partition coefficient (Wildman–Crippen LogP) is 5.15. The van der Waals surface area contributed by atoms with Crippen LogP contribution in [-0.4, -0.2) is 15.8 Å². The highest BCUT2D eigenvalue weighted by atomic mass is 19.1. The van der Waals surface area contributed by atoms with E-state index in [4.69, 9.17) is 0 Å². The number of aromatic nitrogens is 1. The third-order valence-corrected chi connectivity index (χ3v) is 4.75. The van der Waals surface area contributed by atoms with E-state index in [0.717, 1.165) is 11.3 Å². The number of carbonyl (C=O) groups is 1. The molecule has 0 aliphatic rings. The van der Waals surface area contributed by atoms with Crippen LogP contribution in [0.3, 0.4) is 0 Å². The average Bonchev–Trinajstić information content (AvgIpc) is 2.77. The first-order valence-corrected chi connectivity index (χ1v) is 9.42. The minimum atomic E-state index is -0.476. The molecule has 0 atom stereocenters. The van der Waals surface area contributed by atoms with E-state index in [1.165, 1.54) is 30.5 Å². The molecule has 8 heteroatoms. The maximum absolute atomic E-state index is 13.3. The van der Waals surface area contributed by atoms with Crippen molar-refractivity contribution in [1.82, 2.24) is 4.98 Å². The van der Waals surface area contributed by atoms with E-state index in [1.54, 1.807) is 42.6 Å². The first-order chi connectivity index (χ1) is 15.0. The van der Waals surface area contributed by atoms with Crippen LogP contribution in [0.15, 0.2) is 79.1 Å². The highest BCUT2D eigenvalue weighted by Crippen LogP contribution is 2.31. The smallest absolute Gasteiger partial charge is 0.278 e. The summed E-state index contributed by atoms with van der Waals surface area (Å²) >= 11 is 0. The van der Waals surface area contributed by atoms with E-state index in [-0.39, 0.29) is 11.3 Å². The van der Waals surface area contributed by atoms with Crippen molar-refractivity contribution in [2.75, 3.05) is 10.6 Å². The van der Waals surface area contributed by atoms with Gasteiger partial charge in [0.2, 0.25) is 0 Å². The fraction of sp³-hybridized carbons (Fsp3) is 0.0435. The summed E-state index contributed by atoms with van der Waals surface area (Å²) in [6.07, 6.45) is 3.06. The minimum absolute atomic E-state index is 0.00397. The number of pyridine rings is 1. The van der Waals surface area contributed by atoms with Crippen LogP contribution in [0.4, 0.5) is 21.5 Å². The van der Waals surface area contributed by atoms with Crippen molar-refractivity contribution in [3.8, 4) is 0 Å². The number of hydrogen-bond acceptors (Lipinski definition) is 5. The van der Waals surface area contributed by atoms with Crippen LogP contribution in [0.2, 0.25) is 0 Å². The van der Waals surface area contributed by atoms with Crippen LogP contribution >= 0.6 is 0 Å². The maximum atomic E-state index is 13.3. The molecule has 154 valence electrons. The van der Waals surface area contributed by atoms with Gasteiger partial charge in [-0.15, -0.1) is 0 Å². The zero-order valence-electron chi connectivity index (χ0n) is 16.2. The van der Waals surface area contributed by atoms with Crippen molar-refractivity contribution in [3.63, 3.8) is 0 Å². The Morgan fingerprint density at radius 2 is 1.87 bits per heavy atom. The summed E-state index contributed by atoms with van der Waals surface area (Å²) < 4.78 is 13.3. The highest BCUT2D eigenvalue weighted by Gasteiger charge is 2.14. The molecular formula is C23H17FN4O3. The lowest BCUT2D eigenvalue weighted by atomic mass is 10.1. The number of nitrogens with zero attached hydrogens (tertiary/aromatic N) is 2. The molecule has 31 heavy (non-hydrogen) atoms. The second-order valence-corrected chi connectivity index (χ2v) is 6.83. The molecule has 1 heterocycles. The van der Waals surface area contributed by atoms with E-state index in [9.17, 15) is 19.3 Å².